The van der Waals surface area contributed by atoms with Crippen LogP contribution in [0.25, 0.3) is 10.9 Å². The van der Waals surface area contributed by atoms with Gasteiger partial charge in [0.2, 0.25) is 0 Å². The largest absolute Gasteiger partial charge is 0.496 e. The third-order valence-corrected chi connectivity index (χ3v) is 2.44. The molecule has 0 fully saturated rings. The molecule has 0 atom stereocenters. The number of rotatable bonds is 1. The molecule has 2 rings (SSSR count). The van der Waals surface area contributed by atoms with Gasteiger partial charge in [-0.05, 0) is 19.1 Å². The van der Waals surface area contributed by atoms with Crippen LogP contribution in [-0.2, 0) is 6.18 Å². The zero-order valence-electron chi connectivity index (χ0n) is 9.30. The molecule has 0 aliphatic rings. The van der Waals surface area contributed by atoms with Crippen molar-refractivity contribution >= 4 is 10.9 Å². The van der Waals surface area contributed by atoms with Crippen molar-refractivity contribution in [3.05, 3.63) is 35.5 Å². The van der Waals surface area contributed by atoms with Gasteiger partial charge in [0, 0.05) is 11.5 Å². The number of ether oxygens (including phenoxy) is 1. The van der Waals surface area contributed by atoms with Gasteiger partial charge in [-0.2, -0.15) is 13.2 Å². The Kier molecular flexibility index (Phi) is 2.69. The third-order valence-electron chi connectivity index (χ3n) is 2.44. The normalized spacial score (nSPS) is 11.8. The molecule has 0 amide bonds. The summed E-state index contributed by atoms with van der Waals surface area (Å²) in [5, 5.41) is 0.584. The fourth-order valence-corrected chi connectivity index (χ4v) is 1.62. The number of hydrogen-bond donors (Lipinski definition) is 0. The van der Waals surface area contributed by atoms with E-state index in [4.69, 9.17) is 4.74 Å². The van der Waals surface area contributed by atoms with Gasteiger partial charge >= 0.3 is 6.18 Å². The van der Waals surface area contributed by atoms with E-state index in [1.807, 2.05) is 6.92 Å². The molecule has 1 heterocycles. The maximum Gasteiger partial charge on any atom is 0.433 e. The van der Waals surface area contributed by atoms with Gasteiger partial charge in [-0.15, -0.1) is 0 Å². The van der Waals surface area contributed by atoms with Gasteiger partial charge in [0.15, 0.2) is 0 Å². The van der Waals surface area contributed by atoms with E-state index in [1.165, 1.54) is 7.11 Å². The van der Waals surface area contributed by atoms with Crippen LogP contribution in [0, 0.1) is 6.92 Å². The van der Waals surface area contributed by atoms with Crippen LogP contribution in [0.3, 0.4) is 0 Å². The van der Waals surface area contributed by atoms with Gasteiger partial charge in [-0.1, -0.05) is 11.6 Å². The smallest absolute Gasteiger partial charge is 0.433 e. The van der Waals surface area contributed by atoms with Crippen molar-refractivity contribution in [3.8, 4) is 5.75 Å². The minimum absolute atomic E-state index is 0.186. The molecular weight excluding hydrogens is 231 g/mol. The number of aryl methyl sites for hydroxylation is 1. The maximum atomic E-state index is 12.6. The highest BCUT2D eigenvalue weighted by molar-refractivity contribution is 5.86. The van der Waals surface area contributed by atoms with E-state index < -0.39 is 11.9 Å². The number of halogens is 3. The van der Waals surface area contributed by atoms with E-state index in [-0.39, 0.29) is 11.3 Å². The molecule has 5 heteroatoms. The number of alkyl halides is 3. The Morgan fingerprint density at radius 1 is 1.18 bits per heavy atom. The second-order valence-electron chi connectivity index (χ2n) is 3.73. The highest BCUT2D eigenvalue weighted by atomic mass is 19.4. The summed E-state index contributed by atoms with van der Waals surface area (Å²) in [6, 6.07) is 5.94. The van der Waals surface area contributed by atoms with E-state index >= 15 is 0 Å². The second-order valence-corrected chi connectivity index (χ2v) is 3.73. The number of benzene rings is 1. The van der Waals surface area contributed by atoms with Crippen LogP contribution in [-0.4, -0.2) is 12.1 Å². The molecule has 0 spiro atoms. The predicted octanol–water partition coefficient (Wildman–Crippen LogP) is 3.57. The number of hydrogen-bond acceptors (Lipinski definition) is 2. The van der Waals surface area contributed by atoms with Gasteiger partial charge in [-0.3, -0.25) is 0 Å². The van der Waals surface area contributed by atoms with Gasteiger partial charge in [0.05, 0.1) is 12.6 Å². The molecule has 0 aliphatic heterocycles. The van der Waals surface area contributed by atoms with Gasteiger partial charge in [0.1, 0.15) is 11.4 Å². The molecule has 0 saturated carbocycles. The molecule has 0 aliphatic carbocycles. The van der Waals surface area contributed by atoms with Crippen molar-refractivity contribution in [2.75, 3.05) is 7.11 Å². The molecule has 2 nitrogen and oxygen atoms in total. The van der Waals surface area contributed by atoms with Crippen LogP contribution in [0.2, 0.25) is 0 Å². The van der Waals surface area contributed by atoms with Crippen molar-refractivity contribution in [1.29, 1.82) is 0 Å². The van der Waals surface area contributed by atoms with Gasteiger partial charge in [0.25, 0.3) is 0 Å². The Labute approximate surface area is 96.0 Å². The molecule has 0 radical (unpaired) electrons. The molecule has 1 aromatic carbocycles. The van der Waals surface area contributed by atoms with Crippen molar-refractivity contribution in [1.82, 2.24) is 4.98 Å². The molecule has 0 saturated heterocycles. The highest BCUT2D eigenvalue weighted by Crippen LogP contribution is 2.34. The molecule has 90 valence electrons. The molecule has 17 heavy (non-hydrogen) atoms. The lowest BCUT2D eigenvalue weighted by molar-refractivity contribution is -0.141. The lowest BCUT2D eigenvalue weighted by Gasteiger charge is -2.11. The van der Waals surface area contributed by atoms with Gasteiger partial charge < -0.3 is 4.74 Å². The number of fused-ring (bicyclic) bond motifs is 1. The summed E-state index contributed by atoms with van der Waals surface area (Å²) in [7, 11) is 1.34. The Balaban J connectivity index is 2.75. The first-order valence-electron chi connectivity index (χ1n) is 4.94. The van der Waals surface area contributed by atoms with Crippen molar-refractivity contribution < 1.29 is 17.9 Å². The van der Waals surface area contributed by atoms with Gasteiger partial charge in [-0.25, -0.2) is 4.98 Å². The van der Waals surface area contributed by atoms with Crippen LogP contribution < -0.4 is 4.74 Å². The number of aromatic nitrogens is 1. The van der Waals surface area contributed by atoms with E-state index in [0.717, 1.165) is 11.6 Å². The Bertz CT molecular complexity index is 563. The van der Waals surface area contributed by atoms with Crippen molar-refractivity contribution in [2.45, 2.75) is 13.1 Å². The Morgan fingerprint density at radius 3 is 2.47 bits per heavy atom. The third kappa shape index (κ3) is 2.18. The fraction of sp³-hybridized carbons (Fsp3) is 0.250. The number of pyridine rings is 1. The Hall–Kier alpha value is -1.78. The predicted molar refractivity (Wildman–Crippen MR) is 58.0 cm³/mol. The Morgan fingerprint density at radius 2 is 1.88 bits per heavy atom. The van der Waals surface area contributed by atoms with Crippen molar-refractivity contribution in [3.63, 3.8) is 0 Å². The molecule has 2 aromatic rings. The molecule has 0 bridgehead atoms. The van der Waals surface area contributed by atoms with Crippen molar-refractivity contribution in [2.24, 2.45) is 0 Å². The van der Waals surface area contributed by atoms with Crippen LogP contribution in [0.15, 0.2) is 24.3 Å². The van der Waals surface area contributed by atoms with E-state index in [0.29, 0.717) is 5.39 Å². The zero-order chi connectivity index (χ0) is 12.6. The summed E-state index contributed by atoms with van der Waals surface area (Å²) < 4.78 is 42.8. The average Bonchev–Trinajstić information content (AvgIpc) is 2.26. The summed E-state index contributed by atoms with van der Waals surface area (Å²) in [4.78, 5) is 3.59. The minimum atomic E-state index is -4.47. The first-order chi connectivity index (χ1) is 7.91. The topological polar surface area (TPSA) is 22.1 Å². The summed E-state index contributed by atoms with van der Waals surface area (Å²) in [5.74, 6) is 0.186. The molecule has 0 unspecified atom stereocenters. The molecule has 0 N–H and O–H groups in total. The SMILES string of the molecule is COc1cc(C(F)(F)F)nc2ccc(C)cc12. The van der Waals surface area contributed by atoms with Crippen LogP contribution in [0.4, 0.5) is 13.2 Å². The van der Waals surface area contributed by atoms with E-state index in [1.54, 1.807) is 18.2 Å². The number of nitrogens with zero attached hydrogens (tertiary/aromatic N) is 1. The van der Waals surface area contributed by atoms with E-state index in [2.05, 4.69) is 4.98 Å². The lowest BCUT2D eigenvalue weighted by atomic mass is 10.1. The summed E-state index contributed by atoms with van der Waals surface area (Å²) in [6.45, 7) is 1.86. The number of methoxy groups -OCH3 is 1. The molecular formula is C12H10F3NO. The quantitative estimate of drug-likeness (QED) is 0.761. The first-order valence-corrected chi connectivity index (χ1v) is 4.94. The summed E-state index contributed by atoms with van der Waals surface area (Å²) >= 11 is 0. The van der Waals surface area contributed by atoms with Crippen LogP contribution in [0.1, 0.15) is 11.3 Å². The fourth-order valence-electron chi connectivity index (χ4n) is 1.62. The van der Waals surface area contributed by atoms with Crippen LogP contribution >= 0.6 is 0 Å². The first kappa shape index (κ1) is 11.7. The summed E-state index contributed by atoms with van der Waals surface area (Å²) in [6.07, 6.45) is -4.47. The van der Waals surface area contributed by atoms with Crippen LogP contribution in [0.5, 0.6) is 5.75 Å². The maximum absolute atomic E-state index is 12.6. The monoisotopic (exact) mass is 241 g/mol. The summed E-state index contributed by atoms with van der Waals surface area (Å²) in [5.41, 5.74) is 0.283. The second kappa shape index (κ2) is 3.91. The lowest BCUT2D eigenvalue weighted by Crippen LogP contribution is -2.08. The zero-order valence-corrected chi connectivity index (χ0v) is 9.30. The average molecular weight is 241 g/mol. The molecule has 1 aromatic heterocycles. The minimum Gasteiger partial charge on any atom is -0.496 e. The van der Waals surface area contributed by atoms with E-state index in [9.17, 15) is 13.2 Å². The standard InChI is InChI=1S/C12H10F3NO/c1-7-3-4-9-8(5-7)10(17-2)6-11(16-9)12(13,14)15/h3-6H,1-2H3. The highest BCUT2D eigenvalue weighted by Gasteiger charge is 2.33.